The van der Waals surface area contributed by atoms with Crippen LogP contribution in [0.2, 0.25) is 0 Å². The second-order valence-corrected chi connectivity index (χ2v) is 3.45. The molecule has 0 bridgehead atoms. The smallest absolute Gasteiger partial charge is 0.133 e. The summed E-state index contributed by atoms with van der Waals surface area (Å²) in [6.07, 6.45) is 6.79. The Morgan fingerprint density at radius 3 is 2.62 bits per heavy atom. The topological polar surface area (TPSA) is 74.5 Å². The van der Waals surface area contributed by atoms with Gasteiger partial charge in [0.1, 0.15) is 11.8 Å². The van der Waals surface area contributed by atoms with E-state index in [2.05, 4.69) is 23.1 Å². The number of nitriles is 1. The van der Waals surface area contributed by atoms with Crippen LogP contribution in [0, 0.1) is 11.3 Å². The minimum atomic E-state index is 0.142. The van der Waals surface area contributed by atoms with E-state index in [4.69, 9.17) is 11.0 Å². The van der Waals surface area contributed by atoms with Crippen LogP contribution in [0.4, 0.5) is 0 Å². The number of rotatable bonds is 5. The number of allylic oxidation sites excluding steroid dienone is 3. The summed E-state index contributed by atoms with van der Waals surface area (Å²) in [5.41, 5.74) is 6.81. The molecule has 0 radical (unpaired) electrons. The van der Waals surface area contributed by atoms with Crippen LogP contribution >= 0.6 is 0 Å². The van der Waals surface area contributed by atoms with Gasteiger partial charge in [-0.1, -0.05) is 13.2 Å². The molecule has 1 saturated carbocycles. The Balaban J connectivity index is 2.72. The number of hydrogen-bond donors (Lipinski definition) is 1. The molecule has 0 heterocycles. The minimum absolute atomic E-state index is 0.142. The van der Waals surface area contributed by atoms with Crippen molar-refractivity contribution in [3.05, 3.63) is 36.7 Å². The Morgan fingerprint density at radius 1 is 1.44 bits per heavy atom. The summed E-state index contributed by atoms with van der Waals surface area (Å²) in [5, 5.41) is 8.49. The summed E-state index contributed by atoms with van der Waals surface area (Å²) in [7, 11) is 0. The van der Waals surface area contributed by atoms with Crippen LogP contribution in [0.5, 0.6) is 0 Å². The highest BCUT2D eigenvalue weighted by molar-refractivity contribution is 6.21. The van der Waals surface area contributed by atoms with Crippen molar-refractivity contribution in [2.24, 2.45) is 15.7 Å². The molecule has 0 aromatic carbocycles. The van der Waals surface area contributed by atoms with Crippen LogP contribution in [0.1, 0.15) is 12.8 Å². The summed E-state index contributed by atoms with van der Waals surface area (Å²) in [6, 6.07) is 2.21. The van der Waals surface area contributed by atoms with E-state index in [-0.39, 0.29) is 5.70 Å². The lowest BCUT2D eigenvalue weighted by Gasteiger charge is -1.99. The van der Waals surface area contributed by atoms with Crippen LogP contribution < -0.4 is 5.73 Å². The average molecular weight is 214 g/mol. The van der Waals surface area contributed by atoms with E-state index in [0.29, 0.717) is 17.3 Å². The summed E-state index contributed by atoms with van der Waals surface area (Å²) in [6.45, 7) is 7.26. The molecule has 0 atom stereocenters. The van der Waals surface area contributed by atoms with E-state index in [1.165, 1.54) is 12.4 Å². The van der Waals surface area contributed by atoms with Gasteiger partial charge in [0, 0.05) is 11.8 Å². The molecular weight excluding hydrogens is 200 g/mol. The summed E-state index contributed by atoms with van der Waals surface area (Å²) in [5.74, 6) is 0. The Hall–Kier alpha value is -2.15. The van der Waals surface area contributed by atoms with Gasteiger partial charge in [0.05, 0.1) is 11.8 Å². The zero-order chi connectivity index (χ0) is 12.0. The lowest BCUT2D eigenvalue weighted by molar-refractivity contribution is 1.07. The summed E-state index contributed by atoms with van der Waals surface area (Å²) >= 11 is 0. The Bertz CT molecular complexity index is 417. The third-order valence-corrected chi connectivity index (χ3v) is 1.96. The van der Waals surface area contributed by atoms with Crippen molar-refractivity contribution < 1.29 is 0 Å². The van der Waals surface area contributed by atoms with E-state index in [1.54, 1.807) is 6.08 Å². The third-order valence-electron chi connectivity index (χ3n) is 1.96. The molecule has 0 amide bonds. The number of nitrogens with two attached hydrogens (primary N) is 1. The van der Waals surface area contributed by atoms with Crippen LogP contribution in [0.15, 0.2) is 46.7 Å². The second-order valence-electron chi connectivity index (χ2n) is 3.45. The van der Waals surface area contributed by atoms with Crippen LogP contribution in [-0.4, -0.2) is 18.0 Å². The van der Waals surface area contributed by atoms with Gasteiger partial charge in [-0.2, -0.15) is 5.26 Å². The molecule has 0 aliphatic heterocycles. The highest BCUT2D eigenvalue weighted by atomic mass is 14.8. The molecule has 0 unspecified atom stereocenters. The lowest BCUT2D eigenvalue weighted by Crippen LogP contribution is -2.02. The third kappa shape index (κ3) is 3.93. The molecule has 2 N–H and O–H groups in total. The summed E-state index contributed by atoms with van der Waals surface area (Å²) in [4.78, 5) is 8.27. The maximum atomic E-state index is 8.49. The first-order valence-electron chi connectivity index (χ1n) is 4.95. The fourth-order valence-electron chi connectivity index (χ4n) is 0.975. The second kappa shape index (κ2) is 5.66. The zero-order valence-corrected chi connectivity index (χ0v) is 9.06. The van der Waals surface area contributed by atoms with E-state index >= 15 is 0 Å². The van der Waals surface area contributed by atoms with E-state index in [9.17, 15) is 0 Å². The van der Waals surface area contributed by atoms with Crippen molar-refractivity contribution in [3.8, 4) is 6.07 Å². The highest BCUT2D eigenvalue weighted by Crippen LogP contribution is 2.24. The van der Waals surface area contributed by atoms with Gasteiger partial charge in [0.2, 0.25) is 0 Å². The van der Waals surface area contributed by atoms with E-state index in [1.807, 2.05) is 6.07 Å². The van der Waals surface area contributed by atoms with Crippen molar-refractivity contribution >= 4 is 11.9 Å². The molecule has 1 rings (SSSR count). The van der Waals surface area contributed by atoms with Gasteiger partial charge in [-0.05, 0) is 25.1 Å². The number of aliphatic imine (C=N–C) groups is 2. The molecular formula is C12H14N4. The van der Waals surface area contributed by atoms with Crippen molar-refractivity contribution in [2.75, 3.05) is 0 Å². The Labute approximate surface area is 95.2 Å². The molecule has 82 valence electrons. The number of nitrogens with zero attached hydrogens (tertiary/aromatic N) is 3. The molecule has 0 aromatic heterocycles. The van der Waals surface area contributed by atoms with Crippen molar-refractivity contribution in [3.63, 3.8) is 0 Å². The Kier molecular flexibility index (Phi) is 4.22. The molecule has 1 aliphatic carbocycles. The molecule has 16 heavy (non-hydrogen) atoms. The largest absolute Gasteiger partial charge is 0.405 e. The van der Waals surface area contributed by atoms with Crippen molar-refractivity contribution in [1.29, 1.82) is 5.26 Å². The van der Waals surface area contributed by atoms with Gasteiger partial charge in [0.25, 0.3) is 0 Å². The molecule has 0 saturated heterocycles. The first kappa shape index (κ1) is 11.9. The number of hydrogen-bond acceptors (Lipinski definition) is 4. The van der Waals surface area contributed by atoms with Gasteiger partial charge < -0.3 is 5.73 Å². The van der Waals surface area contributed by atoms with Gasteiger partial charge in [-0.3, -0.25) is 4.99 Å². The van der Waals surface area contributed by atoms with E-state index < -0.39 is 0 Å². The van der Waals surface area contributed by atoms with Gasteiger partial charge in [-0.25, -0.2) is 4.99 Å². The molecule has 4 heteroatoms. The molecule has 0 spiro atoms. The predicted octanol–water partition coefficient (Wildman–Crippen LogP) is 1.73. The fraction of sp³-hybridized carbons (Fsp3) is 0.250. The van der Waals surface area contributed by atoms with Crippen LogP contribution in [0.25, 0.3) is 0 Å². The molecule has 0 aromatic rings. The fourth-order valence-corrected chi connectivity index (χ4v) is 0.975. The van der Waals surface area contributed by atoms with Gasteiger partial charge >= 0.3 is 0 Å². The molecule has 1 aliphatic rings. The molecule has 1 fully saturated rings. The van der Waals surface area contributed by atoms with Gasteiger partial charge in [0.15, 0.2) is 0 Å². The first-order valence-corrected chi connectivity index (χ1v) is 4.95. The predicted molar refractivity (Wildman–Crippen MR) is 66.2 cm³/mol. The zero-order valence-electron chi connectivity index (χ0n) is 9.06. The molecule has 4 nitrogen and oxygen atoms in total. The van der Waals surface area contributed by atoms with Gasteiger partial charge in [-0.15, -0.1) is 0 Å². The monoisotopic (exact) mass is 214 g/mol. The minimum Gasteiger partial charge on any atom is -0.405 e. The summed E-state index contributed by atoms with van der Waals surface area (Å²) < 4.78 is 0. The lowest BCUT2D eigenvalue weighted by atomic mass is 10.2. The Morgan fingerprint density at radius 2 is 2.12 bits per heavy atom. The SMILES string of the molecule is C=C(C#N)N=CC(=C)C(C=CN)=NC1CC1. The quantitative estimate of drug-likeness (QED) is 0.559. The normalized spacial score (nSPS) is 16.6. The average Bonchev–Trinajstić information content (AvgIpc) is 3.08. The van der Waals surface area contributed by atoms with Crippen molar-refractivity contribution in [2.45, 2.75) is 18.9 Å². The maximum Gasteiger partial charge on any atom is 0.133 e. The maximum absolute atomic E-state index is 8.49. The standard InChI is InChI=1S/C12H14N4/c1-9(8-15-10(2)7-14)12(5-6-13)16-11-3-4-11/h5-6,8,11H,1-4,13H2. The van der Waals surface area contributed by atoms with Crippen LogP contribution in [0.3, 0.4) is 0 Å². The van der Waals surface area contributed by atoms with Crippen LogP contribution in [-0.2, 0) is 0 Å². The first-order chi connectivity index (χ1) is 7.67. The van der Waals surface area contributed by atoms with E-state index in [0.717, 1.165) is 12.8 Å². The highest BCUT2D eigenvalue weighted by Gasteiger charge is 2.20. The van der Waals surface area contributed by atoms with Crippen molar-refractivity contribution in [1.82, 2.24) is 0 Å².